The molecule has 3 rings (SSSR count). The number of amides is 1. The second-order valence-corrected chi connectivity index (χ2v) is 6.22. The van der Waals surface area contributed by atoms with Gasteiger partial charge >= 0.3 is 0 Å². The summed E-state index contributed by atoms with van der Waals surface area (Å²) in [6.45, 7) is 0.554. The van der Waals surface area contributed by atoms with Crippen molar-refractivity contribution in [2.45, 2.75) is 18.9 Å². The number of aromatic amines is 1. The zero-order valence-electron chi connectivity index (χ0n) is 12.1. The average Bonchev–Trinajstić information content (AvgIpc) is 3.21. The van der Waals surface area contributed by atoms with Gasteiger partial charge in [-0.25, -0.2) is 9.97 Å². The number of nitrogens with one attached hydrogen (secondary N) is 2. The lowest BCUT2D eigenvalue weighted by Gasteiger charge is -2.12. The van der Waals surface area contributed by atoms with Crippen LogP contribution in [0.3, 0.4) is 0 Å². The van der Waals surface area contributed by atoms with E-state index in [0.717, 1.165) is 30.0 Å². The molecule has 22 heavy (non-hydrogen) atoms. The van der Waals surface area contributed by atoms with E-state index in [4.69, 9.17) is 4.74 Å². The Morgan fingerprint density at radius 1 is 1.55 bits per heavy atom. The maximum absolute atomic E-state index is 12.1. The van der Waals surface area contributed by atoms with Gasteiger partial charge in [0.15, 0.2) is 0 Å². The Balaban J connectivity index is 1.52. The Morgan fingerprint density at radius 3 is 3.27 bits per heavy atom. The normalized spacial score (nSPS) is 17.4. The van der Waals surface area contributed by atoms with Gasteiger partial charge in [-0.1, -0.05) is 0 Å². The molecule has 1 aliphatic rings. The number of carbonyl (C=O) groups excluding carboxylic acids is 1. The molecule has 6 nitrogen and oxygen atoms in total. The molecule has 3 heterocycles. The zero-order chi connectivity index (χ0) is 15.2. The number of rotatable bonds is 6. The molecule has 1 atom stereocenters. The first-order valence-electron chi connectivity index (χ1n) is 7.27. The summed E-state index contributed by atoms with van der Waals surface area (Å²) in [6.07, 6.45) is 6.96. The molecule has 1 saturated heterocycles. The van der Waals surface area contributed by atoms with Crippen LogP contribution in [0, 0.1) is 0 Å². The maximum atomic E-state index is 12.1. The quantitative estimate of drug-likeness (QED) is 0.847. The van der Waals surface area contributed by atoms with E-state index < -0.39 is 0 Å². The van der Waals surface area contributed by atoms with Crippen molar-refractivity contribution in [2.24, 2.45) is 0 Å². The summed E-state index contributed by atoms with van der Waals surface area (Å²) in [5, 5.41) is 2.88. The molecule has 0 saturated carbocycles. The van der Waals surface area contributed by atoms with Crippen LogP contribution in [0.4, 0.5) is 0 Å². The van der Waals surface area contributed by atoms with E-state index in [9.17, 15) is 4.79 Å². The van der Waals surface area contributed by atoms with Gasteiger partial charge in [-0.05, 0) is 18.2 Å². The number of thioether (sulfide) groups is 1. The number of hydrogen-bond acceptors (Lipinski definition) is 5. The van der Waals surface area contributed by atoms with Gasteiger partial charge < -0.3 is 15.0 Å². The third-order valence-electron chi connectivity index (χ3n) is 3.41. The second-order valence-electron chi connectivity index (χ2n) is 5.07. The number of carbonyl (C=O) groups is 1. The van der Waals surface area contributed by atoms with Gasteiger partial charge in [0, 0.05) is 48.4 Å². The maximum Gasteiger partial charge on any atom is 0.251 e. The number of imidazole rings is 1. The Morgan fingerprint density at radius 2 is 2.50 bits per heavy atom. The summed E-state index contributed by atoms with van der Waals surface area (Å²) in [5.74, 6) is 2.52. The van der Waals surface area contributed by atoms with Gasteiger partial charge in [0.1, 0.15) is 6.10 Å². The lowest BCUT2D eigenvalue weighted by molar-refractivity contribution is 0.0953. The molecule has 0 bridgehead atoms. The van der Waals surface area contributed by atoms with Crippen molar-refractivity contribution in [1.29, 1.82) is 0 Å². The number of nitrogens with zero attached hydrogens (tertiary/aromatic N) is 2. The Kier molecular flexibility index (Phi) is 4.95. The SMILES string of the molecule is O=C(NCCc1cnc[nH]1)c1ccnc(OC2CCSC2)c1. The third kappa shape index (κ3) is 4.00. The predicted molar refractivity (Wildman–Crippen MR) is 85.2 cm³/mol. The van der Waals surface area contributed by atoms with Crippen LogP contribution in [0.2, 0.25) is 0 Å². The summed E-state index contributed by atoms with van der Waals surface area (Å²) in [6, 6.07) is 3.40. The van der Waals surface area contributed by atoms with Crippen molar-refractivity contribution in [2.75, 3.05) is 18.1 Å². The van der Waals surface area contributed by atoms with Crippen LogP contribution in [-0.4, -0.2) is 45.0 Å². The molecule has 2 aromatic rings. The topological polar surface area (TPSA) is 79.9 Å². The van der Waals surface area contributed by atoms with Crippen molar-refractivity contribution in [3.63, 3.8) is 0 Å². The number of H-pyrrole nitrogens is 1. The largest absolute Gasteiger partial charge is 0.473 e. The Bertz CT molecular complexity index is 612. The fourth-order valence-corrected chi connectivity index (χ4v) is 3.32. The highest BCUT2D eigenvalue weighted by atomic mass is 32.2. The zero-order valence-corrected chi connectivity index (χ0v) is 12.9. The van der Waals surface area contributed by atoms with Crippen molar-refractivity contribution < 1.29 is 9.53 Å². The summed E-state index contributed by atoms with van der Waals surface area (Å²) in [5.41, 5.74) is 1.57. The summed E-state index contributed by atoms with van der Waals surface area (Å²) >= 11 is 1.88. The molecular formula is C15H18N4O2S. The van der Waals surface area contributed by atoms with E-state index in [1.165, 1.54) is 0 Å². The van der Waals surface area contributed by atoms with Gasteiger partial charge in [0.25, 0.3) is 5.91 Å². The number of ether oxygens (including phenoxy) is 1. The number of pyridine rings is 1. The first kappa shape index (κ1) is 14.9. The van der Waals surface area contributed by atoms with Crippen molar-refractivity contribution in [1.82, 2.24) is 20.3 Å². The van der Waals surface area contributed by atoms with Gasteiger partial charge in [-0.3, -0.25) is 4.79 Å². The first-order valence-corrected chi connectivity index (χ1v) is 8.42. The molecule has 1 unspecified atom stereocenters. The van der Waals surface area contributed by atoms with Crippen LogP contribution in [0.1, 0.15) is 22.5 Å². The predicted octanol–water partition coefficient (Wildman–Crippen LogP) is 1.66. The van der Waals surface area contributed by atoms with Gasteiger partial charge in [-0.2, -0.15) is 11.8 Å². The molecule has 7 heteroatoms. The molecule has 1 aliphatic heterocycles. The lowest BCUT2D eigenvalue weighted by Crippen LogP contribution is -2.26. The van der Waals surface area contributed by atoms with Crippen LogP contribution in [-0.2, 0) is 6.42 Å². The number of aromatic nitrogens is 3. The van der Waals surface area contributed by atoms with E-state index >= 15 is 0 Å². The van der Waals surface area contributed by atoms with Crippen LogP contribution < -0.4 is 10.1 Å². The average molecular weight is 318 g/mol. The molecule has 0 aliphatic carbocycles. The number of hydrogen-bond donors (Lipinski definition) is 2. The van der Waals surface area contributed by atoms with Crippen LogP contribution in [0.5, 0.6) is 5.88 Å². The van der Waals surface area contributed by atoms with E-state index in [0.29, 0.717) is 18.0 Å². The molecule has 2 aromatic heterocycles. The van der Waals surface area contributed by atoms with Gasteiger partial charge in [0.2, 0.25) is 5.88 Å². The van der Waals surface area contributed by atoms with Crippen LogP contribution in [0.15, 0.2) is 30.9 Å². The van der Waals surface area contributed by atoms with Gasteiger partial charge in [0.05, 0.1) is 6.33 Å². The summed E-state index contributed by atoms with van der Waals surface area (Å²) in [4.78, 5) is 23.3. The van der Waals surface area contributed by atoms with E-state index in [1.54, 1.807) is 30.9 Å². The smallest absolute Gasteiger partial charge is 0.251 e. The minimum Gasteiger partial charge on any atom is -0.473 e. The van der Waals surface area contributed by atoms with Crippen molar-refractivity contribution in [3.8, 4) is 5.88 Å². The van der Waals surface area contributed by atoms with Crippen molar-refractivity contribution in [3.05, 3.63) is 42.1 Å². The highest BCUT2D eigenvalue weighted by Crippen LogP contribution is 2.22. The van der Waals surface area contributed by atoms with E-state index in [-0.39, 0.29) is 12.0 Å². The Labute approximate surface area is 133 Å². The fourth-order valence-electron chi connectivity index (χ4n) is 2.23. The van der Waals surface area contributed by atoms with Crippen LogP contribution >= 0.6 is 11.8 Å². The summed E-state index contributed by atoms with van der Waals surface area (Å²) in [7, 11) is 0. The fraction of sp³-hybridized carbons (Fsp3) is 0.400. The molecule has 0 radical (unpaired) electrons. The third-order valence-corrected chi connectivity index (χ3v) is 4.54. The monoisotopic (exact) mass is 318 g/mol. The van der Waals surface area contributed by atoms with Crippen LogP contribution in [0.25, 0.3) is 0 Å². The Hall–Kier alpha value is -2.02. The second kappa shape index (κ2) is 7.31. The molecule has 116 valence electrons. The molecular weight excluding hydrogens is 300 g/mol. The summed E-state index contributed by atoms with van der Waals surface area (Å²) < 4.78 is 5.80. The molecule has 0 aromatic carbocycles. The minimum atomic E-state index is -0.118. The minimum absolute atomic E-state index is 0.118. The van der Waals surface area contributed by atoms with E-state index in [1.807, 2.05) is 11.8 Å². The standard InChI is InChI=1S/C15H18N4O2S/c20-15(18-5-2-12-8-16-10-19-12)11-1-4-17-14(7-11)21-13-3-6-22-9-13/h1,4,7-8,10,13H,2-3,5-6,9H2,(H,16,19)(H,18,20). The molecule has 1 amide bonds. The van der Waals surface area contributed by atoms with E-state index in [2.05, 4.69) is 20.3 Å². The lowest BCUT2D eigenvalue weighted by atomic mass is 10.2. The highest BCUT2D eigenvalue weighted by molar-refractivity contribution is 7.99. The van der Waals surface area contributed by atoms with Crippen molar-refractivity contribution >= 4 is 17.7 Å². The van der Waals surface area contributed by atoms with Gasteiger partial charge in [-0.15, -0.1) is 0 Å². The molecule has 2 N–H and O–H groups in total. The molecule has 0 spiro atoms. The highest BCUT2D eigenvalue weighted by Gasteiger charge is 2.18. The molecule has 1 fully saturated rings. The first-order chi connectivity index (χ1) is 10.8.